The molecule has 0 radical (unpaired) electrons. The lowest BCUT2D eigenvalue weighted by Crippen LogP contribution is -2.40. The lowest BCUT2D eigenvalue weighted by molar-refractivity contribution is -0.134. The van der Waals surface area contributed by atoms with Gasteiger partial charge < -0.3 is 19.9 Å². The smallest absolute Gasteiger partial charge is 0.239 e. The molecule has 2 N–H and O–H groups in total. The van der Waals surface area contributed by atoms with Gasteiger partial charge in [0.1, 0.15) is 5.75 Å². The van der Waals surface area contributed by atoms with Crippen molar-refractivity contribution in [3.05, 3.63) is 65.9 Å². The van der Waals surface area contributed by atoms with Gasteiger partial charge in [-0.25, -0.2) is 0 Å². The predicted octanol–water partition coefficient (Wildman–Crippen LogP) is 2.88. The van der Waals surface area contributed by atoms with Crippen molar-refractivity contribution in [2.45, 2.75) is 19.9 Å². The Morgan fingerprint density at radius 3 is 2.61 bits per heavy atom. The van der Waals surface area contributed by atoms with Crippen LogP contribution < -0.4 is 10.1 Å². The third-order valence-corrected chi connectivity index (χ3v) is 4.72. The Morgan fingerprint density at radius 2 is 1.82 bits per heavy atom. The minimum Gasteiger partial charge on any atom is -0.496 e. The standard InChI is InChI=1S/C22H25N3O3/c1-16(26)25(14-18-7-3-6-10-21(18)28-2)15-22(27)23-12-11-17-13-24-20-9-5-4-8-19(17)20/h3-10,13,24H,11-12,14-15H2,1-2H3,(H,23,27). The van der Waals surface area contributed by atoms with Crippen LogP contribution in [0.4, 0.5) is 0 Å². The number of amides is 2. The fourth-order valence-electron chi connectivity index (χ4n) is 3.22. The number of fused-ring (bicyclic) bond motifs is 1. The maximum absolute atomic E-state index is 12.4. The van der Waals surface area contributed by atoms with Gasteiger partial charge >= 0.3 is 0 Å². The van der Waals surface area contributed by atoms with Crippen LogP contribution in [0.2, 0.25) is 0 Å². The quantitative estimate of drug-likeness (QED) is 0.632. The highest BCUT2D eigenvalue weighted by molar-refractivity contribution is 5.84. The van der Waals surface area contributed by atoms with Crippen LogP contribution in [0.25, 0.3) is 10.9 Å². The lowest BCUT2D eigenvalue weighted by Gasteiger charge is -2.21. The SMILES string of the molecule is COc1ccccc1CN(CC(=O)NCCc1c[nH]c2ccccc12)C(C)=O. The molecule has 3 aromatic rings. The molecule has 0 bridgehead atoms. The molecule has 3 rings (SSSR count). The number of nitrogens with zero attached hydrogens (tertiary/aromatic N) is 1. The first-order chi connectivity index (χ1) is 13.6. The predicted molar refractivity (Wildman–Crippen MR) is 109 cm³/mol. The number of aromatic amines is 1. The van der Waals surface area contributed by atoms with Gasteiger partial charge in [-0.1, -0.05) is 36.4 Å². The second kappa shape index (κ2) is 9.08. The van der Waals surface area contributed by atoms with Crippen molar-refractivity contribution in [2.24, 2.45) is 0 Å². The number of benzene rings is 2. The van der Waals surface area contributed by atoms with Crippen molar-refractivity contribution in [3.8, 4) is 5.75 Å². The summed E-state index contributed by atoms with van der Waals surface area (Å²) in [5.74, 6) is 0.371. The molecular weight excluding hydrogens is 354 g/mol. The van der Waals surface area contributed by atoms with Gasteiger partial charge in [0, 0.05) is 42.7 Å². The highest BCUT2D eigenvalue weighted by Crippen LogP contribution is 2.19. The van der Waals surface area contributed by atoms with Gasteiger partial charge in [-0.2, -0.15) is 0 Å². The van der Waals surface area contributed by atoms with Gasteiger partial charge in [-0.3, -0.25) is 9.59 Å². The van der Waals surface area contributed by atoms with Crippen molar-refractivity contribution >= 4 is 22.7 Å². The van der Waals surface area contributed by atoms with E-state index in [1.54, 1.807) is 7.11 Å². The summed E-state index contributed by atoms with van der Waals surface area (Å²) in [5, 5.41) is 4.07. The Balaban J connectivity index is 1.55. The zero-order valence-corrected chi connectivity index (χ0v) is 16.2. The molecular formula is C22H25N3O3. The van der Waals surface area contributed by atoms with E-state index in [0.29, 0.717) is 18.8 Å². The number of carbonyl (C=O) groups excluding carboxylic acids is 2. The Morgan fingerprint density at radius 1 is 1.07 bits per heavy atom. The fourth-order valence-corrected chi connectivity index (χ4v) is 3.22. The van der Waals surface area contributed by atoms with Gasteiger partial charge in [0.05, 0.1) is 13.7 Å². The van der Waals surface area contributed by atoms with E-state index in [-0.39, 0.29) is 18.4 Å². The molecule has 2 aromatic carbocycles. The molecule has 0 fully saturated rings. The number of hydrogen-bond acceptors (Lipinski definition) is 3. The van der Waals surface area contributed by atoms with Crippen LogP contribution in [-0.4, -0.2) is 41.9 Å². The molecule has 0 saturated heterocycles. The topological polar surface area (TPSA) is 74.4 Å². The van der Waals surface area contributed by atoms with Gasteiger partial charge in [0.2, 0.25) is 11.8 Å². The third kappa shape index (κ3) is 4.71. The number of carbonyl (C=O) groups is 2. The van der Waals surface area contributed by atoms with E-state index < -0.39 is 0 Å². The molecule has 6 nitrogen and oxygen atoms in total. The number of methoxy groups -OCH3 is 1. The summed E-state index contributed by atoms with van der Waals surface area (Å²) in [6.07, 6.45) is 2.70. The van der Waals surface area contributed by atoms with Gasteiger partial charge in [0.15, 0.2) is 0 Å². The second-order valence-corrected chi connectivity index (χ2v) is 6.65. The third-order valence-electron chi connectivity index (χ3n) is 4.72. The van der Waals surface area contributed by atoms with Crippen LogP contribution in [0, 0.1) is 0 Å². The summed E-state index contributed by atoms with van der Waals surface area (Å²) < 4.78 is 5.33. The molecule has 146 valence electrons. The largest absolute Gasteiger partial charge is 0.496 e. The molecule has 0 aliphatic heterocycles. The van der Waals surface area contributed by atoms with Crippen molar-refractivity contribution in [3.63, 3.8) is 0 Å². The second-order valence-electron chi connectivity index (χ2n) is 6.65. The van der Waals surface area contributed by atoms with Crippen LogP contribution in [0.5, 0.6) is 5.75 Å². The summed E-state index contributed by atoms with van der Waals surface area (Å²) in [7, 11) is 1.59. The van der Waals surface area contributed by atoms with Crippen LogP contribution in [-0.2, 0) is 22.6 Å². The number of ether oxygens (including phenoxy) is 1. The fraction of sp³-hybridized carbons (Fsp3) is 0.273. The maximum Gasteiger partial charge on any atom is 0.239 e. The number of hydrogen-bond donors (Lipinski definition) is 2. The first-order valence-corrected chi connectivity index (χ1v) is 9.27. The summed E-state index contributed by atoms with van der Waals surface area (Å²) in [6, 6.07) is 15.6. The van der Waals surface area contributed by atoms with E-state index in [9.17, 15) is 9.59 Å². The van der Waals surface area contributed by atoms with E-state index in [1.807, 2.05) is 48.7 Å². The van der Waals surface area contributed by atoms with Crippen LogP contribution in [0.3, 0.4) is 0 Å². The zero-order valence-electron chi connectivity index (χ0n) is 16.2. The molecule has 1 heterocycles. The molecule has 0 aliphatic rings. The summed E-state index contributed by atoms with van der Waals surface area (Å²) in [5.41, 5.74) is 3.11. The molecule has 0 aliphatic carbocycles. The summed E-state index contributed by atoms with van der Waals surface area (Å²) in [4.78, 5) is 29.1. The minimum atomic E-state index is -0.176. The van der Waals surface area contributed by atoms with E-state index in [1.165, 1.54) is 17.2 Å². The highest BCUT2D eigenvalue weighted by atomic mass is 16.5. The Kier molecular flexibility index (Phi) is 6.32. The van der Waals surface area contributed by atoms with Crippen LogP contribution in [0.15, 0.2) is 54.7 Å². The molecule has 28 heavy (non-hydrogen) atoms. The van der Waals surface area contributed by atoms with Crippen molar-refractivity contribution in [2.75, 3.05) is 20.2 Å². The Labute approximate surface area is 164 Å². The summed E-state index contributed by atoms with van der Waals surface area (Å²) in [6.45, 7) is 2.33. The number of nitrogens with one attached hydrogen (secondary N) is 2. The monoisotopic (exact) mass is 379 g/mol. The Bertz CT molecular complexity index is 964. The molecule has 1 aromatic heterocycles. The average Bonchev–Trinajstić information content (AvgIpc) is 3.11. The van der Waals surface area contributed by atoms with E-state index >= 15 is 0 Å². The first kappa shape index (κ1) is 19.5. The van der Waals surface area contributed by atoms with E-state index in [0.717, 1.165) is 23.1 Å². The van der Waals surface area contributed by atoms with Gasteiger partial charge in [-0.05, 0) is 24.1 Å². The van der Waals surface area contributed by atoms with Crippen LogP contribution in [0.1, 0.15) is 18.1 Å². The molecule has 0 saturated carbocycles. The van der Waals surface area contributed by atoms with Crippen LogP contribution >= 0.6 is 0 Å². The number of aromatic nitrogens is 1. The zero-order chi connectivity index (χ0) is 19.9. The van der Waals surface area contributed by atoms with Crippen molar-refractivity contribution < 1.29 is 14.3 Å². The normalized spacial score (nSPS) is 10.6. The number of para-hydroxylation sites is 2. The highest BCUT2D eigenvalue weighted by Gasteiger charge is 2.16. The molecule has 0 unspecified atom stereocenters. The van der Waals surface area contributed by atoms with E-state index in [2.05, 4.69) is 16.4 Å². The number of H-pyrrole nitrogens is 1. The maximum atomic E-state index is 12.4. The lowest BCUT2D eigenvalue weighted by atomic mass is 10.1. The molecule has 0 spiro atoms. The number of rotatable bonds is 8. The van der Waals surface area contributed by atoms with Gasteiger partial charge in [0.25, 0.3) is 0 Å². The molecule has 0 atom stereocenters. The van der Waals surface area contributed by atoms with Crippen molar-refractivity contribution in [1.82, 2.24) is 15.2 Å². The minimum absolute atomic E-state index is 0.0151. The van der Waals surface area contributed by atoms with Crippen molar-refractivity contribution in [1.29, 1.82) is 0 Å². The first-order valence-electron chi connectivity index (χ1n) is 9.27. The molecule has 6 heteroatoms. The summed E-state index contributed by atoms with van der Waals surface area (Å²) >= 11 is 0. The van der Waals surface area contributed by atoms with Gasteiger partial charge in [-0.15, -0.1) is 0 Å². The Hall–Kier alpha value is -3.28. The van der Waals surface area contributed by atoms with E-state index in [4.69, 9.17) is 4.74 Å². The average molecular weight is 379 g/mol. The molecule has 2 amide bonds.